The number of ketones is 1. The lowest BCUT2D eigenvalue weighted by molar-refractivity contribution is 0.0970. The summed E-state index contributed by atoms with van der Waals surface area (Å²) in [6.45, 7) is 0.0287. The fourth-order valence-electron chi connectivity index (χ4n) is 1.55. The van der Waals surface area contributed by atoms with E-state index in [1.807, 2.05) is 6.07 Å². The van der Waals surface area contributed by atoms with Crippen LogP contribution in [0.25, 0.3) is 0 Å². The number of halogens is 2. The first-order valence-electron chi connectivity index (χ1n) is 5.21. The van der Waals surface area contributed by atoms with E-state index < -0.39 is 0 Å². The van der Waals surface area contributed by atoms with Gasteiger partial charge in [0.15, 0.2) is 5.78 Å². The molecule has 0 radical (unpaired) electrons. The highest BCUT2D eigenvalue weighted by Crippen LogP contribution is 2.13. The highest BCUT2D eigenvalue weighted by Gasteiger charge is 2.09. The van der Waals surface area contributed by atoms with Crippen molar-refractivity contribution in [3.8, 4) is 0 Å². The van der Waals surface area contributed by atoms with Crippen LogP contribution in [-0.2, 0) is 6.54 Å². The maximum absolute atomic E-state index is 12.0. The van der Waals surface area contributed by atoms with E-state index in [0.29, 0.717) is 10.0 Å². The zero-order chi connectivity index (χ0) is 13.1. The Bertz CT molecular complexity index is 635. The molecule has 0 atom stereocenters. The van der Waals surface area contributed by atoms with Crippen LogP contribution in [0.3, 0.4) is 0 Å². The lowest BCUT2D eigenvalue weighted by Gasteiger charge is -2.06. The lowest BCUT2D eigenvalue weighted by atomic mass is 10.1. The average molecular weight is 371 g/mol. The number of rotatable bonds is 3. The van der Waals surface area contributed by atoms with Gasteiger partial charge in [-0.2, -0.15) is 0 Å². The minimum atomic E-state index is -0.220. The van der Waals surface area contributed by atoms with Crippen molar-refractivity contribution >= 4 is 37.6 Å². The molecular formula is C13H9Br2NO2. The second kappa shape index (κ2) is 5.63. The van der Waals surface area contributed by atoms with Crippen LogP contribution in [0.15, 0.2) is 56.3 Å². The summed E-state index contributed by atoms with van der Waals surface area (Å²) >= 11 is 6.46. The van der Waals surface area contributed by atoms with Gasteiger partial charge in [-0.3, -0.25) is 9.59 Å². The molecule has 18 heavy (non-hydrogen) atoms. The number of benzene rings is 1. The average Bonchev–Trinajstić information content (AvgIpc) is 2.36. The van der Waals surface area contributed by atoms with Crippen LogP contribution in [0.2, 0.25) is 0 Å². The molecule has 0 aliphatic rings. The Hall–Kier alpha value is -1.20. The highest BCUT2D eigenvalue weighted by molar-refractivity contribution is 9.11. The predicted molar refractivity (Wildman–Crippen MR) is 76.9 cm³/mol. The van der Waals surface area contributed by atoms with Crippen LogP contribution in [0.1, 0.15) is 10.4 Å². The van der Waals surface area contributed by atoms with E-state index in [1.54, 1.807) is 36.5 Å². The quantitative estimate of drug-likeness (QED) is 0.778. The van der Waals surface area contributed by atoms with Crippen LogP contribution in [0.4, 0.5) is 0 Å². The van der Waals surface area contributed by atoms with Crippen molar-refractivity contribution in [1.82, 2.24) is 4.57 Å². The molecule has 0 aliphatic heterocycles. The summed E-state index contributed by atoms with van der Waals surface area (Å²) in [6, 6.07) is 10.6. The Morgan fingerprint density at radius 2 is 1.83 bits per heavy atom. The molecule has 1 heterocycles. The smallest absolute Gasteiger partial charge is 0.265 e. The molecular weight excluding hydrogens is 362 g/mol. The van der Waals surface area contributed by atoms with Crippen LogP contribution in [-0.4, -0.2) is 10.4 Å². The van der Waals surface area contributed by atoms with Crippen molar-refractivity contribution in [2.24, 2.45) is 0 Å². The fourth-order valence-corrected chi connectivity index (χ4v) is 2.81. The van der Waals surface area contributed by atoms with Crippen molar-refractivity contribution in [3.05, 3.63) is 67.5 Å². The van der Waals surface area contributed by atoms with Gasteiger partial charge in [-0.05, 0) is 37.9 Å². The molecule has 0 bridgehead atoms. The normalized spacial score (nSPS) is 10.3. The molecule has 2 aromatic rings. The number of hydrogen-bond donors (Lipinski definition) is 0. The Kier molecular flexibility index (Phi) is 4.14. The van der Waals surface area contributed by atoms with Crippen LogP contribution >= 0.6 is 31.9 Å². The third-order valence-electron chi connectivity index (χ3n) is 2.42. The molecule has 3 nitrogen and oxygen atoms in total. The number of Topliss-reactive ketones (excluding diaryl/α,β-unsaturated/α-hetero) is 1. The number of carbonyl (C=O) groups excluding carboxylic acids is 1. The summed E-state index contributed by atoms with van der Waals surface area (Å²) in [7, 11) is 0. The molecule has 0 unspecified atom stereocenters. The topological polar surface area (TPSA) is 39.1 Å². The number of hydrogen-bond acceptors (Lipinski definition) is 2. The summed E-state index contributed by atoms with van der Waals surface area (Å²) in [6.07, 6.45) is 1.61. The Balaban J connectivity index is 2.31. The molecule has 92 valence electrons. The van der Waals surface area contributed by atoms with Crippen LogP contribution in [0, 0.1) is 0 Å². The predicted octanol–water partition coefficient (Wildman–Crippen LogP) is 3.26. The van der Waals surface area contributed by atoms with Gasteiger partial charge in [0.05, 0.1) is 11.0 Å². The Morgan fingerprint density at radius 1 is 1.17 bits per heavy atom. The first-order chi connectivity index (χ1) is 8.58. The summed E-state index contributed by atoms with van der Waals surface area (Å²) in [5.41, 5.74) is 0.378. The fraction of sp³-hybridized carbons (Fsp3) is 0.0769. The molecule has 0 spiro atoms. The maximum atomic E-state index is 12.0. The van der Waals surface area contributed by atoms with E-state index >= 15 is 0 Å². The van der Waals surface area contributed by atoms with Crippen molar-refractivity contribution in [3.63, 3.8) is 0 Å². The number of carbonyl (C=O) groups is 1. The van der Waals surface area contributed by atoms with Crippen LogP contribution in [0.5, 0.6) is 0 Å². The van der Waals surface area contributed by atoms with E-state index in [4.69, 9.17) is 0 Å². The van der Waals surface area contributed by atoms with Gasteiger partial charge in [-0.1, -0.05) is 30.3 Å². The molecule has 1 aromatic heterocycles. The summed E-state index contributed by atoms with van der Waals surface area (Å²) in [5.74, 6) is -0.0947. The Labute approximate surface area is 121 Å². The van der Waals surface area contributed by atoms with Crippen LogP contribution < -0.4 is 5.56 Å². The van der Waals surface area contributed by atoms with Crippen molar-refractivity contribution < 1.29 is 4.79 Å². The molecule has 0 saturated carbocycles. The molecule has 0 fully saturated rings. The van der Waals surface area contributed by atoms with Crippen molar-refractivity contribution in [2.75, 3.05) is 0 Å². The van der Waals surface area contributed by atoms with E-state index in [1.165, 1.54) is 4.57 Å². The monoisotopic (exact) mass is 369 g/mol. The van der Waals surface area contributed by atoms with Gasteiger partial charge in [0.1, 0.15) is 0 Å². The second-order valence-electron chi connectivity index (χ2n) is 3.73. The third-order valence-corrected chi connectivity index (χ3v) is 3.42. The van der Waals surface area contributed by atoms with E-state index in [9.17, 15) is 9.59 Å². The van der Waals surface area contributed by atoms with Gasteiger partial charge < -0.3 is 4.57 Å². The van der Waals surface area contributed by atoms with Gasteiger partial charge >= 0.3 is 0 Å². The first kappa shape index (κ1) is 13.2. The SMILES string of the molecule is O=C(Cn1cc(Br)cc(Br)c1=O)c1ccccc1. The van der Waals surface area contributed by atoms with E-state index in [2.05, 4.69) is 31.9 Å². The minimum Gasteiger partial charge on any atom is -0.306 e. The van der Waals surface area contributed by atoms with Crippen molar-refractivity contribution in [2.45, 2.75) is 6.54 Å². The van der Waals surface area contributed by atoms with Gasteiger partial charge in [0.25, 0.3) is 5.56 Å². The van der Waals surface area contributed by atoms with Crippen molar-refractivity contribution in [1.29, 1.82) is 0 Å². The largest absolute Gasteiger partial charge is 0.306 e. The summed E-state index contributed by atoms with van der Waals surface area (Å²) in [5, 5.41) is 0. The number of nitrogens with zero attached hydrogens (tertiary/aromatic N) is 1. The first-order valence-corrected chi connectivity index (χ1v) is 6.80. The summed E-state index contributed by atoms with van der Waals surface area (Å²) < 4.78 is 2.55. The van der Waals surface area contributed by atoms with Gasteiger partial charge in [-0.25, -0.2) is 0 Å². The zero-order valence-electron chi connectivity index (χ0n) is 9.27. The molecule has 0 N–H and O–H groups in total. The zero-order valence-corrected chi connectivity index (χ0v) is 12.4. The van der Waals surface area contributed by atoms with E-state index in [0.717, 1.165) is 4.47 Å². The van der Waals surface area contributed by atoms with Gasteiger partial charge in [0.2, 0.25) is 0 Å². The standard InChI is InChI=1S/C13H9Br2NO2/c14-10-6-11(15)13(18)16(7-10)8-12(17)9-4-2-1-3-5-9/h1-7H,8H2. The third kappa shape index (κ3) is 2.97. The molecule has 2 rings (SSSR count). The molecule has 0 amide bonds. The minimum absolute atomic E-state index is 0.0287. The van der Waals surface area contributed by atoms with E-state index in [-0.39, 0.29) is 17.9 Å². The Morgan fingerprint density at radius 3 is 2.50 bits per heavy atom. The molecule has 0 aliphatic carbocycles. The summed E-state index contributed by atoms with van der Waals surface area (Å²) in [4.78, 5) is 23.8. The molecule has 0 saturated heterocycles. The van der Waals surface area contributed by atoms with Gasteiger partial charge in [0, 0.05) is 16.2 Å². The lowest BCUT2D eigenvalue weighted by Crippen LogP contribution is -2.24. The number of aromatic nitrogens is 1. The maximum Gasteiger partial charge on any atom is 0.265 e. The highest BCUT2D eigenvalue weighted by atomic mass is 79.9. The molecule has 5 heteroatoms. The molecule has 1 aromatic carbocycles. The second-order valence-corrected chi connectivity index (χ2v) is 5.50. The number of pyridine rings is 1. The van der Waals surface area contributed by atoms with Gasteiger partial charge in [-0.15, -0.1) is 0 Å².